The standard InChI is InChI=1S/C25H32N8O6S/c34-23(29-20-14-17-4-1-2-5-18(17)15-20)21-22(28-9-8-27-21)30-24(35)32-10-12-33(13-11-32)40(37,38)31-25(36)39-16-19-6-3-7-26-19/h1-2,4-5,8-9,19-20,26H,3,6-7,10-16H2,(H,29,34)(H,31,36)(H,28,30,35)/t19-/m0/s1. The number of ether oxygens (including phenoxy) is 1. The molecule has 14 nitrogen and oxygen atoms in total. The van der Waals surface area contributed by atoms with Crippen molar-refractivity contribution in [2.24, 2.45) is 0 Å². The van der Waals surface area contributed by atoms with Gasteiger partial charge in [0.2, 0.25) is 0 Å². The zero-order chi connectivity index (χ0) is 28.1. The Bertz CT molecular complexity index is 1330. The highest BCUT2D eigenvalue weighted by Gasteiger charge is 2.32. The molecule has 40 heavy (non-hydrogen) atoms. The number of hydrogen-bond acceptors (Lipinski definition) is 9. The highest BCUT2D eigenvalue weighted by molar-refractivity contribution is 7.87. The average Bonchev–Trinajstić information content (AvgIpc) is 3.61. The molecule has 15 heteroatoms. The number of carbonyl (C=O) groups excluding carboxylic acids is 3. The number of hydrogen-bond donors (Lipinski definition) is 4. The second-order valence-electron chi connectivity index (χ2n) is 9.92. The predicted octanol–water partition coefficient (Wildman–Crippen LogP) is 0.246. The van der Waals surface area contributed by atoms with Gasteiger partial charge in [0.05, 0.1) is 0 Å². The average molecular weight is 573 g/mol. The first-order chi connectivity index (χ1) is 19.3. The van der Waals surface area contributed by atoms with E-state index >= 15 is 0 Å². The minimum atomic E-state index is -4.13. The van der Waals surface area contributed by atoms with E-state index in [0.29, 0.717) is 12.8 Å². The molecule has 2 aliphatic heterocycles. The van der Waals surface area contributed by atoms with Crippen molar-refractivity contribution >= 4 is 34.1 Å². The molecule has 1 aliphatic carbocycles. The molecule has 1 atom stereocenters. The largest absolute Gasteiger partial charge is 0.447 e. The molecule has 214 valence electrons. The van der Waals surface area contributed by atoms with Gasteiger partial charge in [-0.05, 0) is 43.4 Å². The van der Waals surface area contributed by atoms with Gasteiger partial charge < -0.3 is 20.3 Å². The van der Waals surface area contributed by atoms with Gasteiger partial charge in [0.25, 0.3) is 5.91 Å². The van der Waals surface area contributed by atoms with E-state index in [2.05, 4.69) is 25.9 Å². The van der Waals surface area contributed by atoms with E-state index in [1.807, 2.05) is 29.0 Å². The zero-order valence-electron chi connectivity index (χ0n) is 21.8. The summed E-state index contributed by atoms with van der Waals surface area (Å²) in [6, 6.07) is 7.40. The van der Waals surface area contributed by atoms with Crippen LogP contribution in [0.25, 0.3) is 0 Å². The zero-order valence-corrected chi connectivity index (χ0v) is 22.7. The van der Waals surface area contributed by atoms with Gasteiger partial charge in [-0.1, -0.05) is 24.3 Å². The normalized spacial score (nSPS) is 19.6. The lowest BCUT2D eigenvalue weighted by molar-refractivity contribution is 0.0934. The van der Waals surface area contributed by atoms with Crippen molar-refractivity contribution in [3.63, 3.8) is 0 Å². The van der Waals surface area contributed by atoms with E-state index in [0.717, 1.165) is 23.7 Å². The van der Waals surface area contributed by atoms with Crippen LogP contribution in [0.4, 0.5) is 15.4 Å². The van der Waals surface area contributed by atoms with Gasteiger partial charge in [0, 0.05) is 50.7 Å². The van der Waals surface area contributed by atoms with Crippen molar-refractivity contribution < 1.29 is 27.5 Å². The van der Waals surface area contributed by atoms with Crippen LogP contribution in [0, 0.1) is 0 Å². The van der Waals surface area contributed by atoms with Crippen molar-refractivity contribution in [1.82, 2.24) is 34.5 Å². The van der Waals surface area contributed by atoms with Crippen LogP contribution in [0.15, 0.2) is 36.7 Å². The molecule has 4 amide bonds. The molecule has 2 fully saturated rings. The van der Waals surface area contributed by atoms with Crippen LogP contribution in [0.1, 0.15) is 34.5 Å². The molecule has 1 aromatic carbocycles. The number of aromatic nitrogens is 2. The van der Waals surface area contributed by atoms with Gasteiger partial charge in [0.15, 0.2) is 11.5 Å². The van der Waals surface area contributed by atoms with Crippen molar-refractivity contribution in [3.8, 4) is 0 Å². The monoisotopic (exact) mass is 572 g/mol. The molecule has 5 rings (SSSR count). The number of nitrogens with zero attached hydrogens (tertiary/aromatic N) is 4. The lowest BCUT2D eigenvalue weighted by Gasteiger charge is -2.33. The minimum Gasteiger partial charge on any atom is -0.447 e. The van der Waals surface area contributed by atoms with E-state index in [-0.39, 0.29) is 56.4 Å². The van der Waals surface area contributed by atoms with E-state index in [4.69, 9.17) is 4.74 Å². The summed E-state index contributed by atoms with van der Waals surface area (Å²) in [5.41, 5.74) is 2.37. The summed E-state index contributed by atoms with van der Waals surface area (Å²) in [6.45, 7) is 0.997. The lowest BCUT2D eigenvalue weighted by atomic mass is 10.1. The Morgan fingerprint density at radius 2 is 1.73 bits per heavy atom. The Balaban J connectivity index is 1.11. The molecule has 0 saturated carbocycles. The summed E-state index contributed by atoms with van der Waals surface area (Å²) in [5.74, 6) is -0.435. The third kappa shape index (κ3) is 6.66. The van der Waals surface area contributed by atoms with Crippen LogP contribution in [-0.4, -0.2) is 97.0 Å². The van der Waals surface area contributed by atoms with Gasteiger partial charge in [-0.25, -0.2) is 24.3 Å². The van der Waals surface area contributed by atoms with E-state index in [1.165, 1.54) is 28.4 Å². The van der Waals surface area contributed by atoms with Crippen molar-refractivity contribution in [2.45, 2.75) is 37.8 Å². The second-order valence-corrected chi connectivity index (χ2v) is 11.6. The van der Waals surface area contributed by atoms with E-state index in [1.54, 1.807) is 0 Å². The topological polar surface area (TPSA) is 175 Å². The van der Waals surface area contributed by atoms with Crippen LogP contribution in [-0.2, 0) is 27.8 Å². The Morgan fingerprint density at radius 3 is 2.40 bits per heavy atom. The van der Waals surface area contributed by atoms with E-state index in [9.17, 15) is 22.8 Å². The molecular weight excluding hydrogens is 540 g/mol. The van der Waals surface area contributed by atoms with Crippen molar-refractivity contribution in [2.75, 3.05) is 44.6 Å². The van der Waals surface area contributed by atoms with Gasteiger partial charge in [-0.2, -0.15) is 12.7 Å². The molecule has 2 aromatic rings. The first kappa shape index (κ1) is 27.7. The Kier molecular flexibility index (Phi) is 8.42. The third-order valence-electron chi connectivity index (χ3n) is 7.18. The predicted molar refractivity (Wildman–Crippen MR) is 144 cm³/mol. The van der Waals surface area contributed by atoms with Gasteiger partial charge in [0.1, 0.15) is 6.61 Å². The SMILES string of the molecule is O=C(NS(=O)(=O)N1CCN(C(=O)Nc2nccnc2C(=O)NC2Cc3ccccc3C2)CC1)OC[C@@H]1CCCN1. The first-order valence-corrected chi connectivity index (χ1v) is 14.6. The summed E-state index contributed by atoms with van der Waals surface area (Å²) >= 11 is 0. The Hall–Kier alpha value is -3.82. The van der Waals surface area contributed by atoms with Crippen molar-refractivity contribution in [3.05, 3.63) is 53.5 Å². The molecule has 4 N–H and O–H groups in total. The quantitative estimate of drug-likeness (QED) is 0.362. The number of amides is 4. The number of rotatable bonds is 7. The molecule has 0 spiro atoms. The highest BCUT2D eigenvalue weighted by Crippen LogP contribution is 2.22. The summed E-state index contributed by atoms with van der Waals surface area (Å²) in [4.78, 5) is 47.6. The number of benzene rings is 1. The molecule has 0 unspecified atom stereocenters. The molecule has 2 saturated heterocycles. The highest BCUT2D eigenvalue weighted by atomic mass is 32.2. The molecular formula is C25H32N8O6S. The van der Waals surface area contributed by atoms with Gasteiger partial charge >= 0.3 is 22.3 Å². The number of urea groups is 1. The molecule has 3 heterocycles. The summed E-state index contributed by atoms with van der Waals surface area (Å²) < 4.78 is 33.2. The lowest BCUT2D eigenvalue weighted by Crippen LogP contribution is -2.55. The van der Waals surface area contributed by atoms with Crippen LogP contribution in [0.2, 0.25) is 0 Å². The van der Waals surface area contributed by atoms with Gasteiger partial charge in [-0.3, -0.25) is 10.1 Å². The van der Waals surface area contributed by atoms with E-state index < -0.39 is 28.2 Å². The van der Waals surface area contributed by atoms with Crippen LogP contribution < -0.4 is 20.7 Å². The molecule has 0 bridgehead atoms. The number of carbonyl (C=O) groups is 3. The third-order valence-corrected chi connectivity index (χ3v) is 8.65. The minimum absolute atomic E-state index is 0.0106. The van der Waals surface area contributed by atoms with Crippen LogP contribution >= 0.6 is 0 Å². The number of fused-ring (bicyclic) bond motifs is 1. The molecule has 3 aliphatic rings. The summed E-state index contributed by atoms with van der Waals surface area (Å²) in [7, 11) is -4.13. The Morgan fingerprint density at radius 1 is 1.02 bits per heavy atom. The fraction of sp³-hybridized carbons (Fsp3) is 0.480. The molecule has 0 radical (unpaired) electrons. The smallest absolute Gasteiger partial charge is 0.421 e. The number of piperazine rings is 1. The van der Waals surface area contributed by atoms with Crippen LogP contribution in [0.5, 0.6) is 0 Å². The second kappa shape index (κ2) is 12.1. The summed E-state index contributed by atoms with van der Waals surface area (Å²) in [5, 5.41) is 8.75. The fourth-order valence-corrected chi connectivity index (χ4v) is 6.14. The van der Waals surface area contributed by atoms with Crippen LogP contribution in [0.3, 0.4) is 0 Å². The maximum atomic E-state index is 13.0. The Labute approximate surface area is 232 Å². The first-order valence-electron chi connectivity index (χ1n) is 13.2. The van der Waals surface area contributed by atoms with Gasteiger partial charge in [-0.15, -0.1) is 0 Å². The maximum Gasteiger partial charge on any atom is 0.421 e. The van der Waals surface area contributed by atoms with Crippen molar-refractivity contribution in [1.29, 1.82) is 0 Å². The molecule has 1 aromatic heterocycles. The number of anilines is 1. The number of nitrogens with one attached hydrogen (secondary N) is 4. The summed E-state index contributed by atoms with van der Waals surface area (Å²) in [6.07, 6.45) is 4.97. The fourth-order valence-electron chi connectivity index (χ4n) is 5.10. The maximum absolute atomic E-state index is 13.0.